The van der Waals surface area contributed by atoms with Crippen molar-refractivity contribution in [2.24, 2.45) is 0 Å². The van der Waals surface area contributed by atoms with Gasteiger partial charge in [0, 0.05) is 44.8 Å². The van der Waals surface area contributed by atoms with Crippen LogP contribution in [0.5, 0.6) is 0 Å². The van der Waals surface area contributed by atoms with E-state index < -0.39 is 0 Å². The summed E-state index contributed by atoms with van der Waals surface area (Å²) in [5, 5.41) is 9.35. The molecule has 32 heavy (non-hydrogen) atoms. The third-order valence-electron chi connectivity index (χ3n) is 5.65. The molecule has 1 saturated heterocycles. The third-order valence-corrected chi connectivity index (χ3v) is 6.72. The van der Waals surface area contributed by atoms with Crippen LogP contribution in [0.3, 0.4) is 0 Å². The molecule has 6 nitrogen and oxygen atoms in total. The van der Waals surface area contributed by atoms with Gasteiger partial charge in [0.2, 0.25) is 5.91 Å². The first-order valence-corrected chi connectivity index (χ1v) is 11.9. The highest BCUT2D eigenvalue weighted by Crippen LogP contribution is 2.25. The van der Waals surface area contributed by atoms with Gasteiger partial charge in [-0.1, -0.05) is 66.4 Å². The van der Waals surface area contributed by atoms with Crippen LogP contribution in [0.15, 0.2) is 78.5 Å². The average Bonchev–Trinajstić information content (AvgIpc) is 3.21. The lowest BCUT2D eigenvalue weighted by molar-refractivity contribution is -0.130. The van der Waals surface area contributed by atoms with E-state index in [1.165, 1.54) is 23.0 Å². The normalized spacial score (nSPS) is 14.9. The Bertz CT molecular complexity index is 1030. The number of para-hydroxylation sites is 1. The Labute approximate surface area is 193 Å². The molecule has 0 saturated carbocycles. The summed E-state index contributed by atoms with van der Waals surface area (Å²) >= 11 is 1.48. The number of hydrogen-bond donors (Lipinski definition) is 0. The highest BCUT2D eigenvalue weighted by molar-refractivity contribution is 8.00. The van der Waals surface area contributed by atoms with E-state index >= 15 is 0 Å². The molecule has 1 aromatic heterocycles. The van der Waals surface area contributed by atoms with Crippen LogP contribution >= 0.6 is 11.8 Å². The van der Waals surface area contributed by atoms with Crippen LogP contribution in [-0.2, 0) is 17.8 Å². The molecule has 2 aromatic carbocycles. The van der Waals surface area contributed by atoms with Gasteiger partial charge in [-0.15, -0.1) is 16.8 Å². The number of thioether (sulfide) groups is 1. The monoisotopic (exact) mass is 447 g/mol. The van der Waals surface area contributed by atoms with Crippen LogP contribution in [0.4, 0.5) is 5.69 Å². The first-order chi connectivity index (χ1) is 15.7. The molecule has 3 aromatic rings. The van der Waals surface area contributed by atoms with E-state index in [1.54, 1.807) is 0 Å². The number of hydrogen-bond acceptors (Lipinski definition) is 5. The van der Waals surface area contributed by atoms with Crippen molar-refractivity contribution >= 4 is 23.4 Å². The van der Waals surface area contributed by atoms with Crippen LogP contribution in [-0.4, -0.2) is 57.0 Å². The van der Waals surface area contributed by atoms with Gasteiger partial charge in [-0.05, 0) is 24.6 Å². The number of anilines is 1. The van der Waals surface area contributed by atoms with Crippen molar-refractivity contribution in [3.63, 3.8) is 0 Å². The average molecular weight is 448 g/mol. The largest absolute Gasteiger partial charge is 0.368 e. The molecule has 2 heterocycles. The summed E-state index contributed by atoms with van der Waals surface area (Å²) in [5.74, 6) is 1.04. The zero-order valence-corrected chi connectivity index (χ0v) is 19.2. The van der Waals surface area contributed by atoms with E-state index in [-0.39, 0.29) is 11.2 Å². The lowest BCUT2D eigenvalue weighted by Crippen LogP contribution is -2.50. The topological polar surface area (TPSA) is 54.3 Å². The van der Waals surface area contributed by atoms with Gasteiger partial charge in [0.1, 0.15) is 5.82 Å². The van der Waals surface area contributed by atoms with E-state index in [0.29, 0.717) is 13.0 Å². The number of carbonyl (C=O) groups excluding carboxylic acids is 1. The number of carbonyl (C=O) groups is 1. The molecule has 4 rings (SSSR count). The first kappa shape index (κ1) is 22.1. The first-order valence-electron chi connectivity index (χ1n) is 11.0. The van der Waals surface area contributed by atoms with Gasteiger partial charge in [-0.2, -0.15) is 0 Å². The molecule has 0 bridgehead atoms. The minimum atomic E-state index is -0.226. The molecule has 1 amide bonds. The van der Waals surface area contributed by atoms with Crippen molar-refractivity contribution in [1.82, 2.24) is 19.7 Å². The second kappa shape index (κ2) is 10.5. The number of aromatic nitrogens is 3. The Morgan fingerprint density at radius 1 is 1.03 bits per heavy atom. The molecule has 1 aliphatic heterocycles. The van der Waals surface area contributed by atoms with E-state index in [0.717, 1.165) is 37.2 Å². The van der Waals surface area contributed by atoms with Crippen molar-refractivity contribution in [3.05, 3.63) is 84.7 Å². The minimum Gasteiger partial charge on any atom is -0.368 e. The summed E-state index contributed by atoms with van der Waals surface area (Å²) < 4.78 is 2.06. The minimum absolute atomic E-state index is 0.153. The molecule has 0 N–H and O–H groups in total. The van der Waals surface area contributed by atoms with Gasteiger partial charge in [0.25, 0.3) is 0 Å². The van der Waals surface area contributed by atoms with Crippen LogP contribution < -0.4 is 4.90 Å². The molecular weight excluding hydrogens is 418 g/mol. The zero-order valence-electron chi connectivity index (χ0n) is 18.4. The summed E-state index contributed by atoms with van der Waals surface area (Å²) in [7, 11) is 0. The number of allylic oxidation sites excluding steroid dienone is 1. The van der Waals surface area contributed by atoms with Gasteiger partial charge in [0.15, 0.2) is 5.16 Å². The predicted molar refractivity (Wildman–Crippen MR) is 130 cm³/mol. The molecule has 0 aliphatic carbocycles. The Hall–Kier alpha value is -3.06. The fraction of sp³-hybridized carbons (Fsp3) is 0.320. The number of amides is 1. The lowest BCUT2D eigenvalue weighted by atomic mass is 10.1. The predicted octanol–water partition coefficient (Wildman–Crippen LogP) is 3.88. The van der Waals surface area contributed by atoms with Gasteiger partial charge in [-0.25, -0.2) is 0 Å². The molecule has 1 aliphatic rings. The highest BCUT2D eigenvalue weighted by Gasteiger charge is 2.27. The van der Waals surface area contributed by atoms with Crippen molar-refractivity contribution in [1.29, 1.82) is 0 Å². The number of rotatable bonds is 8. The maximum absolute atomic E-state index is 13.1. The molecule has 0 radical (unpaired) electrons. The molecular formula is C25H29N5OS. The fourth-order valence-corrected chi connectivity index (χ4v) is 4.88. The number of benzene rings is 2. The van der Waals surface area contributed by atoms with Crippen molar-refractivity contribution in [2.45, 2.75) is 30.3 Å². The molecule has 166 valence electrons. The van der Waals surface area contributed by atoms with E-state index in [2.05, 4.69) is 62.6 Å². The van der Waals surface area contributed by atoms with Gasteiger partial charge in [0.05, 0.1) is 5.25 Å². The molecule has 1 atom stereocenters. The van der Waals surface area contributed by atoms with Gasteiger partial charge in [-0.3, -0.25) is 4.79 Å². The summed E-state index contributed by atoms with van der Waals surface area (Å²) in [6, 6.07) is 20.6. The van der Waals surface area contributed by atoms with E-state index in [1.807, 2.05) is 42.2 Å². The van der Waals surface area contributed by atoms with Gasteiger partial charge < -0.3 is 14.4 Å². The molecule has 7 heteroatoms. The lowest BCUT2D eigenvalue weighted by Gasteiger charge is -2.37. The summed E-state index contributed by atoms with van der Waals surface area (Å²) in [4.78, 5) is 17.4. The van der Waals surface area contributed by atoms with E-state index in [4.69, 9.17) is 0 Å². The Morgan fingerprint density at radius 3 is 2.34 bits per heavy atom. The maximum atomic E-state index is 13.1. The highest BCUT2D eigenvalue weighted by atomic mass is 32.2. The molecule has 0 spiro atoms. The van der Waals surface area contributed by atoms with Crippen molar-refractivity contribution in [2.75, 3.05) is 31.1 Å². The number of piperazine rings is 1. The number of nitrogens with zero attached hydrogens (tertiary/aromatic N) is 5. The smallest absolute Gasteiger partial charge is 0.236 e. The van der Waals surface area contributed by atoms with Gasteiger partial charge >= 0.3 is 0 Å². The van der Waals surface area contributed by atoms with Crippen molar-refractivity contribution < 1.29 is 4.79 Å². The van der Waals surface area contributed by atoms with Crippen molar-refractivity contribution in [3.8, 4) is 0 Å². The van der Waals surface area contributed by atoms with E-state index in [9.17, 15) is 4.79 Å². The van der Waals surface area contributed by atoms with Crippen LogP contribution in [0.25, 0.3) is 0 Å². The standard InChI is InChI=1S/C25H29N5OS/c1-3-14-30-23(19-21-10-6-4-7-11-21)26-27-25(30)32-20(2)24(31)29-17-15-28(16-18-29)22-12-8-5-9-13-22/h3-13,20H,1,14-19H2,2H3. The quantitative estimate of drug-likeness (QED) is 0.387. The fourth-order valence-electron chi connectivity index (χ4n) is 3.92. The Kier molecular flexibility index (Phi) is 7.27. The third kappa shape index (κ3) is 5.22. The maximum Gasteiger partial charge on any atom is 0.236 e. The van der Waals surface area contributed by atoms with Crippen LogP contribution in [0.1, 0.15) is 18.3 Å². The summed E-state index contributed by atoms with van der Waals surface area (Å²) in [5.41, 5.74) is 2.40. The Balaban J connectivity index is 1.38. The Morgan fingerprint density at radius 2 is 1.69 bits per heavy atom. The van der Waals surface area contributed by atoms with Crippen LogP contribution in [0, 0.1) is 0 Å². The second-order valence-electron chi connectivity index (χ2n) is 7.87. The second-order valence-corrected chi connectivity index (χ2v) is 9.18. The molecule has 1 unspecified atom stereocenters. The summed E-state index contributed by atoms with van der Waals surface area (Å²) in [6.07, 6.45) is 2.54. The zero-order chi connectivity index (χ0) is 22.3. The SMILES string of the molecule is C=CCn1c(Cc2ccccc2)nnc1SC(C)C(=O)N1CCN(c2ccccc2)CC1. The molecule has 1 fully saturated rings. The summed E-state index contributed by atoms with van der Waals surface area (Å²) in [6.45, 7) is 9.62. The van der Waals surface area contributed by atoms with Crippen LogP contribution in [0.2, 0.25) is 0 Å².